The fourth-order valence-corrected chi connectivity index (χ4v) is 4.15. The van der Waals surface area contributed by atoms with Crippen LogP contribution in [0.2, 0.25) is 5.02 Å². The zero-order chi connectivity index (χ0) is 23.4. The highest BCUT2D eigenvalue weighted by Gasteiger charge is 2.20. The quantitative estimate of drug-likeness (QED) is 0.229. The number of rotatable bonds is 8. The van der Waals surface area contributed by atoms with Gasteiger partial charge in [0.05, 0.1) is 11.4 Å². The third kappa shape index (κ3) is 5.20. The molecule has 0 N–H and O–H groups in total. The minimum absolute atomic E-state index is 0.00706. The van der Waals surface area contributed by atoms with E-state index < -0.39 is 6.61 Å². The normalized spacial score (nSPS) is 11.1. The van der Waals surface area contributed by atoms with E-state index in [0.29, 0.717) is 21.6 Å². The maximum absolute atomic E-state index is 12.7. The summed E-state index contributed by atoms with van der Waals surface area (Å²) >= 11 is 7.57. The van der Waals surface area contributed by atoms with Crippen LogP contribution >= 0.6 is 23.4 Å². The van der Waals surface area contributed by atoms with Crippen molar-refractivity contribution in [3.63, 3.8) is 0 Å². The Morgan fingerprint density at radius 3 is 2.52 bits per heavy atom. The Morgan fingerprint density at radius 1 is 1.09 bits per heavy atom. The van der Waals surface area contributed by atoms with E-state index >= 15 is 0 Å². The van der Waals surface area contributed by atoms with Crippen molar-refractivity contribution in [2.45, 2.75) is 18.7 Å². The maximum atomic E-state index is 12.7. The van der Waals surface area contributed by atoms with E-state index in [9.17, 15) is 13.6 Å². The van der Waals surface area contributed by atoms with Gasteiger partial charge in [-0.15, -0.1) is 10.2 Å². The van der Waals surface area contributed by atoms with Gasteiger partial charge in [0, 0.05) is 28.5 Å². The van der Waals surface area contributed by atoms with Crippen molar-refractivity contribution >= 4 is 29.1 Å². The van der Waals surface area contributed by atoms with Crippen LogP contribution in [0.15, 0.2) is 72.1 Å². The smallest absolute Gasteiger partial charge is 0.387 e. The first-order valence-corrected chi connectivity index (χ1v) is 11.1. The fraction of sp³-hybridized carbons (Fsp3) is 0.130. The molecule has 4 aromatic rings. The number of pyridine rings is 1. The number of halogens is 3. The molecule has 0 fully saturated rings. The van der Waals surface area contributed by atoms with Crippen molar-refractivity contribution in [3.8, 4) is 22.8 Å². The van der Waals surface area contributed by atoms with Crippen LogP contribution in [0, 0.1) is 6.92 Å². The van der Waals surface area contributed by atoms with Gasteiger partial charge in [-0.1, -0.05) is 29.4 Å². The molecule has 2 heterocycles. The van der Waals surface area contributed by atoms with Crippen molar-refractivity contribution in [3.05, 3.63) is 83.1 Å². The molecule has 0 saturated heterocycles. The summed E-state index contributed by atoms with van der Waals surface area (Å²) in [6.45, 7) is -1.02. The summed E-state index contributed by atoms with van der Waals surface area (Å²) in [7, 11) is 0. The minimum atomic E-state index is -2.92. The molecule has 0 saturated carbocycles. The Morgan fingerprint density at radius 2 is 1.82 bits per heavy atom. The number of hydrogen-bond acceptors (Lipinski definition) is 6. The molecule has 2 aromatic carbocycles. The second-order valence-electron chi connectivity index (χ2n) is 6.88. The Bertz CT molecular complexity index is 1270. The summed E-state index contributed by atoms with van der Waals surface area (Å²) < 4.78 is 30.8. The lowest BCUT2D eigenvalue weighted by molar-refractivity contribution is -0.0498. The molecule has 4 rings (SSSR count). The third-order valence-corrected chi connectivity index (χ3v) is 6.12. The number of aromatic nitrogens is 4. The van der Waals surface area contributed by atoms with E-state index in [1.54, 1.807) is 18.5 Å². The molecule has 33 heavy (non-hydrogen) atoms. The van der Waals surface area contributed by atoms with Crippen LogP contribution in [0.25, 0.3) is 17.1 Å². The number of thioether (sulfide) groups is 1. The highest BCUT2D eigenvalue weighted by Crippen LogP contribution is 2.32. The van der Waals surface area contributed by atoms with Gasteiger partial charge in [0.2, 0.25) is 0 Å². The van der Waals surface area contributed by atoms with E-state index in [-0.39, 0.29) is 17.3 Å². The molecule has 0 bridgehead atoms. The Hall–Kier alpha value is -3.30. The van der Waals surface area contributed by atoms with E-state index in [0.717, 1.165) is 16.8 Å². The van der Waals surface area contributed by atoms with E-state index in [1.165, 1.54) is 36.0 Å². The van der Waals surface area contributed by atoms with E-state index in [4.69, 9.17) is 11.6 Å². The number of hydrogen-bond donors (Lipinski definition) is 0. The Kier molecular flexibility index (Phi) is 7.00. The molecule has 0 radical (unpaired) electrons. The van der Waals surface area contributed by atoms with Gasteiger partial charge in [-0.3, -0.25) is 14.3 Å². The first-order chi connectivity index (χ1) is 15.9. The Labute approximate surface area is 197 Å². The van der Waals surface area contributed by atoms with Gasteiger partial charge in [-0.2, -0.15) is 8.78 Å². The largest absolute Gasteiger partial charge is 0.435 e. The van der Waals surface area contributed by atoms with E-state index in [2.05, 4.69) is 19.9 Å². The second-order valence-corrected chi connectivity index (χ2v) is 8.23. The minimum Gasteiger partial charge on any atom is -0.435 e. The molecule has 0 spiro atoms. The first kappa shape index (κ1) is 22.9. The number of ketones is 1. The lowest BCUT2D eigenvalue weighted by Crippen LogP contribution is -2.06. The zero-order valence-corrected chi connectivity index (χ0v) is 18.9. The summed E-state index contributed by atoms with van der Waals surface area (Å²) in [6, 6.07) is 14.8. The standard InChI is InChI=1S/C23H17ClF2N4O2S/c1-14-18(24)3-2-4-19(14)30-21(16-9-11-27-12-10-16)28-29-23(30)33-13-20(31)15-5-7-17(8-6-15)32-22(25)26/h2-12,22H,13H2,1H3. The molecule has 6 nitrogen and oxygen atoms in total. The lowest BCUT2D eigenvalue weighted by Gasteiger charge is -2.13. The molecule has 0 aliphatic carbocycles. The topological polar surface area (TPSA) is 69.9 Å². The average molecular weight is 487 g/mol. The number of carbonyl (C=O) groups excluding carboxylic acids is 1. The van der Waals surface area contributed by atoms with Crippen molar-refractivity contribution in [1.82, 2.24) is 19.7 Å². The average Bonchev–Trinajstić information content (AvgIpc) is 3.23. The van der Waals surface area contributed by atoms with Crippen molar-refractivity contribution < 1.29 is 18.3 Å². The molecular formula is C23H17ClF2N4O2S. The highest BCUT2D eigenvalue weighted by molar-refractivity contribution is 7.99. The van der Waals surface area contributed by atoms with Gasteiger partial charge in [-0.25, -0.2) is 0 Å². The van der Waals surface area contributed by atoms with Crippen LogP contribution in [-0.2, 0) is 0 Å². The van der Waals surface area contributed by atoms with E-state index in [1.807, 2.05) is 35.8 Å². The number of alkyl halides is 2. The molecule has 2 aromatic heterocycles. The monoisotopic (exact) mass is 486 g/mol. The van der Waals surface area contributed by atoms with Crippen LogP contribution in [0.3, 0.4) is 0 Å². The van der Waals surface area contributed by atoms with Crippen LogP contribution in [0.1, 0.15) is 15.9 Å². The molecule has 0 atom stereocenters. The molecule has 0 aliphatic rings. The highest BCUT2D eigenvalue weighted by atomic mass is 35.5. The first-order valence-electron chi connectivity index (χ1n) is 9.76. The summed E-state index contributed by atoms with van der Waals surface area (Å²) in [6.07, 6.45) is 3.33. The predicted octanol–water partition coefficient (Wildman–Crippen LogP) is 5.87. The fourth-order valence-electron chi connectivity index (χ4n) is 3.14. The van der Waals surface area contributed by atoms with Crippen molar-refractivity contribution in [2.75, 3.05) is 5.75 Å². The third-order valence-electron chi connectivity index (χ3n) is 4.79. The van der Waals surface area contributed by atoms with Crippen LogP contribution in [-0.4, -0.2) is 37.9 Å². The number of nitrogens with zero attached hydrogens (tertiary/aromatic N) is 4. The Balaban J connectivity index is 1.62. The maximum Gasteiger partial charge on any atom is 0.387 e. The van der Waals surface area contributed by atoms with Gasteiger partial charge in [0.1, 0.15) is 5.75 Å². The second kappa shape index (κ2) is 10.1. The molecule has 0 aliphatic heterocycles. The number of Topliss-reactive ketones (excluding diaryl/α,β-unsaturated/α-hetero) is 1. The van der Waals surface area contributed by atoms with Gasteiger partial charge < -0.3 is 4.74 Å². The summed E-state index contributed by atoms with van der Waals surface area (Å²) in [5.41, 5.74) is 2.83. The zero-order valence-electron chi connectivity index (χ0n) is 17.3. The molecule has 10 heteroatoms. The lowest BCUT2D eigenvalue weighted by atomic mass is 10.1. The van der Waals surface area contributed by atoms with Crippen molar-refractivity contribution in [1.29, 1.82) is 0 Å². The molecular weight excluding hydrogens is 470 g/mol. The molecule has 168 valence electrons. The summed E-state index contributed by atoms with van der Waals surface area (Å²) in [4.78, 5) is 16.7. The molecule has 0 unspecified atom stereocenters. The predicted molar refractivity (Wildman–Crippen MR) is 122 cm³/mol. The van der Waals surface area contributed by atoms with Crippen LogP contribution in [0.4, 0.5) is 8.78 Å². The summed E-state index contributed by atoms with van der Waals surface area (Å²) in [5.74, 6) is 0.466. The van der Waals surface area contributed by atoms with Gasteiger partial charge in [-0.05, 0) is 61.0 Å². The number of ether oxygens (including phenoxy) is 1. The summed E-state index contributed by atoms with van der Waals surface area (Å²) in [5, 5.41) is 9.76. The SMILES string of the molecule is Cc1c(Cl)cccc1-n1c(SCC(=O)c2ccc(OC(F)F)cc2)nnc1-c1ccncc1. The van der Waals surface area contributed by atoms with Crippen LogP contribution in [0.5, 0.6) is 5.75 Å². The number of benzene rings is 2. The molecule has 0 amide bonds. The van der Waals surface area contributed by atoms with Gasteiger partial charge in [0.25, 0.3) is 0 Å². The van der Waals surface area contributed by atoms with Crippen LogP contribution < -0.4 is 4.74 Å². The van der Waals surface area contributed by atoms with Gasteiger partial charge >= 0.3 is 6.61 Å². The van der Waals surface area contributed by atoms with Crippen molar-refractivity contribution in [2.24, 2.45) is 0 Å². The van der Waals surface area contributed by atoms with Gasteiger partial charge in [0.15, 0.2) is 16.8 Å². The number of carbonyl (C=O) groups is 1.